The first-order chi connectivity index (χ1) is 10.3. The molecular formula is C17H16N2O2. The maximum Gasteiger partial charge on any atom is 0.217 e. The SMILES string of the molecule is COc1ccc2oc(C3NCCc4ccccc43)nc2c1. The van der Waals surface area contributed by atoms with Crippen molar-refractivity contribution in [2.24, 2.45) is 0 Å². The summed E-state index contributed by atoms with van der Waals surface area (Å²) in [5, 5.41) is 3.49. The van der Waals surface area contributed by atoms with Crippen LogP contribution in [0.1, 0.15) is 23.1 Å². The quantitative estimate of drug-likeness (QED) is 0.783. The standard InChI is InChI=1S/C17H16N2O2/c1-20-12-6-7-15-14(10-12)19-17(21-15)16-13-5-3-2-4-11(13)8-9-18-16/h2-7,10,16,18H,8-9H2,1H3. The second-order valence-corrected chi connectivity index (χ2v) is 5.22. The van der Waals surface area contributed by atoms with Gasteiger partial charge < -0.3 is 14.5 Å². The third kappa shape index (κ3) is 2.08. The molecule has 4 nitrogen and oxygen atoms in total. The van der Waals surface area contributed by atoms with E-state index in [4.69, 9.17) is 9.15 Å². The molecule has 1 aliphatic heterocycles. The lowest BCUT2D eigenvalue weighted by atomic mass is 9.94. The Balaban J connectivity index is 1.80. The summed E-state index contributed by atoms with van der Waals surface area (Å²) in [7, 11) is 1.65. The average molecular weight is 280 g/mol. The number of oxazole rings is 1. The molecule has 0 saturated carbocycles. The molecule has 21 heavy (non-hydrogen) atoms. The Hall–Kier alpha value is -2.33. The second-order valence-electron chi connectivity index (χ2n) is 5.22. The van der Waals surface area contributed by atoms with Gasteiger partial charge in [-0.2, -0.15) is 0 Å². The van der Waals surface area contributed by atoms with Crippen LogP contribution in [0.3, 0.4) is 0 Å². The third-order valence-corrected chi connectivity index (χ3v) is 3.97. The van der Waals surface area contributed by atoms with Gasteiger partial charge in [0.05, 0.1) is 7.11 Å². The molecule has 0 amide bonds. The van der Waals surface area contributed by atoms with Crippen LogP contribution in [-0.4, -0.2) is 18.6 Å². The zero-order valence-electron chi connectivity index (χ0n) is 11.8. The zero-order valence-corrected chi connectivity index (χ0v) is 11.8. The zero-order chi connectivity index (χ0) is 14.2. The number of hydrogen-bond donors (Lipinski definition) is 1. The van der Waals surface area contributed by atoms with Crippen LogP contribution >= 0.6 is 0 Å². The van der Waals surface area contributed by atoms with E-state index < -0.39 is 0 Å². The molecule has 4 heteroatoms. The predicted octanol–water partition coefficient (Wildman–Crippen LogP) is 3.07. The van der Waals surface area contributed by atoms with Gasteiger partial charge in [0.25, 0.3) is 0 Å². The van der Waals surface area contributed by atoms with Gasteiger partial charge in [0.1, 0.15) is 17.3 Å². The fraction of sp³-hybridized carbons (Fsp3) is 0.235. The Kier molecular flexibility index (Phi) is 2.89. The molecule has 1 aliphatic rings. The summed E-state index contributed by atoms with van der Waals surface area (Å²) in [4.78, 5) is 4.63. The van der Waals surface area contributed by atoms with E-state index in [1.807, 2.05) is 18.2 Å². The number of aromatic nitrogens is 1. The van der Waals surface area contributed by atoms with Crippen LogP contribution in [0, 0.1) is 0 Å². The fourth-order valence-corrected chi connectivity index (χ4v) is 2.90. The molecule has 2 heterocycles. The molecule has 3 aromatic rings. The summed E-state index contributed by atoms with van der Waals surface area (Å²) in [6, 6.07) is 14.2. The van der Waals surface area contributed by atoms with E-state index in [2.05, 4.69) is 34.6 Å². The van der Waals surface area contributed by atoms with Gasteiger partial charge in [-0.1, -0.05) is 24.3 Å². The largest absolute Gasteiger partial charge is 0.497 e. The first-order valence-corrected chi connectivity index (χ1v) is 7.11. The van der Waals surface area contributed by atoms with Crippen LogP contribution in [0.4, 0.5) is 0 Å². The molecule has 0 aliphatic carbocycles. The maximum atomic E-state index is 5.93. The second kappa shape index (κ2) is 4.90. The van der Waals surface area contributed by atoms with Crippen LogP contribution in [0.5, 0.6) is 5.75 Å². The highest BCUT2D eigenvalue weighted by atomic mass is 16.5. The van der Waals surface area contributed by atoms with Crippen LogP contribution in [0.2, 0.25) is 0 Å². The number of rotatable bonds is 2. The predicted molar refractivity (Wildman–Crippen MR) is 80.6 cm³/mol. The normalized spacial score (nSPS) is 17.7. The molecule has 1 N–H and O–H groups in total. The van der Waals surface area contributed by atoms with Crippen LogP contribution in [0.25, 0.3) is 11.1 Å². The first-order valence-electron chi connectivity index (χ1n) is 7.11. The van der Waals surface area contributed by atoms with Crippen molar-refractivity contribution in [3.05, 3.63) is 59.5 Å². The summed E-state index contributed by atoms with van der Waals surface area (Å²) < 4.78 is 11.2. The van der Waals surface area contributed by atoms with Crippen LogP contribution < -0.4 is 10.1 Å². The van der Waals surface area contributed by atoms with Crippen molar-refractivity contribution in [2.75, 3.05) is 13.7 Å². The van der Waals surface area contributed by atoms with Gasteiger partial charge >= 0.3 is 0 Å². The highest BCUT2D eigenvalue weighted by Crippen LogP contribution is 2.31. The van der Waals surface area contributed by atoms with E-state index in [-0.39, 0.29) is 6.04 Å². The lowest BCUT2D eigenvalue weighted by Crippen LogP contribution is -2.30. The molecule has 0 spiro atoms. The molecular weight excluding hydrogens is 264 g/mol. The third-order valence-electron chi connectivity index (χ3n) is 3.97. The molecule has 0 bridgehead atoms. The number of methoxy groups -OCH3 is 1. The van der Waals surface area contributed by atoms with Crippen molar-refractivity contribution in [3.63, 3.8) is 0 Å². The number of ether oxygens (including phenoxy) is 1. The number of hydrogen-bond acceptors (Lipinski definition) is 4. The molecule has 106 valence electrons. The van der Waals surface area contributed by atoms with Gasteiger partial charge in [0, 0.05) is 12.6 Å². The molecule has 2 aromatic carbocycles. The molecule has 0 saturated heterocycles. The Morgan fingerprint density at radius 1 is 1.24 bits per heavy atom. The van der Waals surface area contributed by atoms with E-state index in [1.54, 1.807) is 7.11 Å². The Morgan fingerprint density at radius 3 is 3.05 bits per heavy atom. The lowest BCUT2D eigenvalue weighted by molar-refractivity contribution is 0.415. The topological polar surface area (TPSA) is 47.3 Å². The molecule has 1 atom stereocenters. The summed E-state index contributed by atoms with van der Waals surface area (Å²) in [6.45, 7) is 0.934. The number of benzene rings is 2. The summed E-state index contributed by atoms with van der Waals surface area (Å²) in [5.41, 5.74) is 4.23. The molecule has 0 fully saturated rings. The highest BCUT2D eigenvalue weighted by molar-refractivity contribution is 5.74. The fourth-order valence-electron chi connectivity index (χ4n) is 2.90. The summed E-state index contributed by atoms with van der Waals surface area (Å²) in [6.07, 6.45) is 1.04. The van der Waals surface area contributed by atoms with Gasteiger partial charge in [-0.05, 0) is 29.7 Å². The van der Waals surface area contributed by atoms with Crippen molar-refractivity contribution in [1.82, 2.24) is 10.3 Å². The minimum Gasteiger partial charge on any atom is -0.497 e. The van der Waals surface area contributed by atoms with E-state index in [1.165, 1.54) is 11.1 Å². The monoisotopic (exact) mass is 280 g/mol. The maximum absolute atomic E-state index is 5.93. The molecule has 0 radical (unpaired) electrons. The first kappa shape index (κ1) is 12.4. The van der Waals surface area contributed by atoms with Crippen LogP contribution in [0.15, 0.2) is 46.9 Å². The number of nitrogens with one attached hydrogen (secondary N) is 1. The minimum absolute atomic E-state index is 0.0216. The van der Waals surface area contributed by atoms with Crippen molar-refractivity contribution in [2.45, 2.75) is 12.5 Å². The average Bonchev–Trinajstić information content (AvgIpc) is 2.97. The summed E-state index contributed by atoms with van der Waals surface area (Å²) >= 11 is 0. The van der Waals surface area contributed by atoms with Crippen molar-refractivity contribution in [1.29, 1.82) is 0 Å². The highest BCUT2D eigenvalue weighted by Gasteiger charge is 2.25. The van der Waals surface area contributed by atoms with E-state index in [9.17, 15) is 0 Å². The van der Waals surface area contributed by atoms with Gasteiger partial charge in [0.2, 0.25) is 5.89 Å². The molecule has 4 rings (SSSR count). The van der Waals surface area contributed by atoms with E-state index in [0.29, 0.717) is 5.89 Å². The molecule has 1 aromatic heterocycles. The van der Waals surface area contributed by atoms with Crippen LogP contribution in [-0.2, 0) is 6.42 Å². The van der Waals surface area contributed by atoms with Crippen molar-refractivity contribution < 1.29 is 9.15 Å². The van der Waals surface area contributed by atoms with E-state index in [0.717, 1.165) is 29.8 Å². The Morgan fingerprint density at radius 2 is 2.14 bits per heavy atom. The van der Waals surface area contributed by atoms with Crippen molar-refractivity contribution >= 4 is 11.1 Å². The van der Waals surface area contributed by atoms with E-state index >= 15 is 0 Å². The Labute approximate surface area is 122 Å². The Bertz CT molecular complexity index is 794. The smallest absolute Gasteiger partial charge is 0.217 e. The van der Waals surface area contributed by atoms with Gasteiger partial charge in [0.15, 0.2) is 5.58 Å². The van der Waals surface area contributed by atoms with Gasteiger partial charge in [-0.25, -0.2) is 4.98 Å². The summed E-state index contributed by atoms with van der Waals surface area (Å²) in [5.74, 6) is 1.50. The van der Waals surface area contributed by atoms with Crippen molar-refractivity contribution in [3.8, 4) is 5.75 Å². The van der Waals surface area contributed by atoms with Gasteiger partial charge in [-0.3, -0.25) is 0 Å². The minimum atomic E-state index is 0.0216. The van der Waals surface area contributed by atoms with Gasteiger partial charge in [-0.15, -0.1) is 0 Å². The lowest BCUT2D eigenvalue weighted by Gasteiger charge is -2.24. The number of nitrogens with zero attached hydrogens (tertiary/aromatic N) is 1. The number of fused-ring (bicyclic) bond motifs is 2. The molecule has 1 unspecified atom stereocenters.